The number of fused-ring (bicyclic) bond motifs is 1. The van der Waals surface area contributed by atoms with Gasteiger partial charge in [0.15, 0.2) is 6.26 Å². The van der Waals surface area contributed by atoms with Gasteiger partial charge in [0.05, 0.1) is 11.3 Å². The number of aromatic nitrogens is 2. The molecule has 3 rings (SSSR count). The maximum absolute atomic E-state index is 5.29. The molecule has 0 saturated heterocycles. The number of para-hydroxylation sites is 1. The van der Waals surface area contributed by atoms with Crippen molar-refractivity contribution in [2.24, 2.45) is 0 Å². The molecule has 0 aliphatic heterocycles. The molecule has 1 aromatic carbocycles. The summed E-state index contributed by atoms with van der Waals surface area (Å²) < 4.78 is 5.29. The Morgan fingerprint density at radius 2 is 2.14 bits per heavy atom. The lowest BCUT2D eigenvalue weighted by Crippen LogP contribution is -1.74. The molecule has 0 spiro atoms. The maximum atomic E-state index is 5.29. The molecule has 67 valence electrons. The van der Waals surface area contributed by atoms with Crippen molar-refractivity contribution >= 4 is 11.0 Å². The Labute approximate surface area is 80.4 Å². The van der Waals surface area contributed by atoms with Gasteiger partial charge in [-0.15, -0.1) is 0 Å². The summed E-state index contributed by atoms with van der Waals surface area (Å²) in [6.07, 6.45) is 4.64. The highest BCUT2D eigenvalue weighted by Gasteiger charge is 2.08. The van der Waals surface area contributed by atoms with Crippen molar-refractivity contribution in [2.75, 3.05) is 0 Å². The standard InChI is InChI=1S/C11H7N2O/c1-2-4-11-8(3-1)9(7-14-11)10-5-6-12-13-10/h1-6H,(H,12,13). The molecule has 0 saturated carbocycles. The minimum Gasteiger partial charge on any atom is -0.452 e. The summed E-state index contributed by atoms with van der Waals surface area (Å²) in [5, 5.41) is 7.90. The van der Waals surface area contributed by atoms with Gasteiger partial charge in [-0.3, -0.25) is 5.10 Å². The maximum Gasteiger partial charge on any atom is 0.180 e. The zero-order valence-corrected chi connectivity index (χ0v) is 7.32. The van der Waals surface area contributed by atoms with Crippen molar-refractivity contribution < 1.29 is 4.42 Å². The Balaban J connectivity index is 2.33. The van der Waals surface area contributed by atoms with Gasteiger partial charge < -0.3 is 4.42 Å². The highest BCUT2D eigenvalue weighted by atomic mass is 16.3. The second-order valence-electron chi connectivity index (χ2n) is 3.03. The summed E-state index contributed by atoms with van der Waals surface area (Å²) in [5.74, 6) is 0. The SMILES string of the molecule is [c]1oc2ccccc2c1-c1cc[nH]n1. The summed E-state index contributed by atoms with van der Waals surface area (Å²) in [6, 6.07) is 9.73. The van der Waals surface area contributed by atoms with E-state index in [2.05, 4.69) is 16.5 Å². The topological polar surface area (TPSA) is 41.8 Å². The van der Waals surface area contributed by atoms with Crippen LogP contribution >= 0.6 is 0 Å². The van der Waals surface area contributed by atoms with Gasteiger partial charge in [-0.05, 0) is 12.1 Å². The van der Waals surface area contributed by atoms with Crippen LogP contribution in [0.4, 0.5) is 0 Å². The van der Waals surface area contributed by atoms with Gasteiger partial charge in [0.25, 0.3) is 0 Å². The molecule has 1 N–H and O–H groups in total. The quantitative estimate of drug-likeness (QED) is 0.630. The van der Waals surface area contributed by atoms with Gasteiger partial charge in [-0.25, -0.2) is 0 Å². The Kier molecular flexibility index (Phi) is 1.44. The predicted molar refractivity (Wildman–Crippen MR) is 52.6 cm³/mol. The molecule has 0 aliphatic rings. The number of nitrogens with zero attached hydrogens (tertiary/aromatic N) is 1. The van der Waals surface area contributed by atoms with E-state index < -0.39 is 0 Å². The van der Waals surface area contributed by atoms with Gasteiger partial charge in [0.2, 0.25) is 0 Å². The van der Waals surface area contributed by atoms with Crippen molar-refractivity contribution in [3.05, 3.63) is 42.8 Å². The number of nitrogens with one attached hydrogen (secondary N) is 1. The number of hydrogen-bond donors (Lipinski definition) is 1. The van der Waals surface area contributed by atoms with Crippen LogP contribution < -0.4 is 0 Å². The molecule has 3 aromatic rings. The Bertz CT molecular complexity index is 551. The fourth-order valence-electron chi connectivity index (χ4n) is 1.51. The van der Waals surface area contributed by atoms with E-state index in [1.807, 2.05) is 30.3 Å². The van der Waals surface area contributed by atoms with Gasteiger partial charge in [0, 0.05) is 11.6 Å². The largest absolute Gasteiger partial charge is 0.452 e. The number of H-pyrrole nitrogens is 1. The van der Waals surface area contributed by atoms with E-state index in [-0.39, 0.29) is 0 Å². The molecule has 3 nitrogen and oxygen atoms in total. The van der Waals surface area contributed by atoms with Gasteiger partial charge >= 0.3 is 0 Å². The second-order valence-corrected chi connectivity index (χ2v) is 3.03. The Morgan fingerprint density at radius 3 is 3.00 bits per heavy atom. The highest BCUT2D eigenvalue weighted by Crippen LogP contribution is 2.27. The first-order valence-corrected chi connectivity index (χ1v) is 4.34. The molecule has 14 heavy (non-hydrogen) atoms. The van der Waals surface area contributed by atoms with E-state index >= 15 is 0 Å². The first kappa shape index (κ1) is 7.38. The summed E-state index contributed by atoms with van der Waals surface area (Å²) >= 11 is 0. The minimum absolute atomic E-state index is 0.838. The lowest BCUT2D eigenvalue weighted by Gasteiger charge is -1.89. The monoisotopic (exact) mass is 183 g/mol. The smallest absolute Gasteiger partial charge is 0.180 e. The van der Waals surface area contributed by atoms with Crippen LogP contribution in [0.3, 0.4) is 0 Å². The molecule has 0 fully saturated rings. The molecule has 0 aliphatic carbocycles. The fraction of sp³-hybridized carbons (Fsp3) is 0. The number of aromatic amines is 1. The zero-order valence-electron chi connectivity index (χ0n) is 7.32. The molecule has 0 bridgehead atoms. The third-order valence-corrected chi connectivity index (χ3v) is 2.18. The first-order chi connectivity index (χ1) is 6.95. The summed E-state index contributed by atoms with van der Waals surface area (Å²) in [4.78, 5) is 0. The van der Waals surface area contributed by atoms with Crippen LogP contribution in [-0.4, -0.2) is 10.2 Å². The van der Waals surface area contributed by atoms with Crippen LogP contribution in [-0.2, 0) is 0 Å². The summed E-state index contributed by atoms with van der Waals surface area (Å²) in [5.41, 5.74) is 2.60. The molecule has 0 amide bonds. The summed E-state index contributed by atoms with van der Waals surface area (Å²) in [6.45, 7) is 0. The Hall–Kier alpha value is -2.03. The van der Waals surface area contributed by atoms with Gasteiger partial charge in [0.1, 0.15) is 5.58 Å². The molecule has 3 heteroatoms. The van der Waals surface area contributed by atoms with Gasteiger partial charge in [-0.2, -0.15) is 5.10 Å². The number of hydrogen-bond acceptors (Lipinski definition) is 2. The normalized spacial score (nSPS) is 10.9. The number of rotatable bonds is 1. The zero-order chi connectivity index (χ0) is 9.38. The average Bonchev–Trinajstić information content (AvgIpc) is 2.85. The van der Waals surface area contributed by atoms with Crippen LogP contribution in [0.2, 0.25) is 0 Å². The average molecular weight is 183 g/mol. The van der Waals surface area contributed by atoms with E-state index in [1.165, 1.54) is 0 Å². The van der Waals surface area contributed by atoms with Crippen molar-refractivity contribution in [2.45, 2.75) is 0 Å². The van der Waals surface area contributed by atoms with Crippen LogP contribution in [0.1, 0.15) is 0 Å². The van der Waals surface area contributed by atoms with E-state index in [4.69, 9.17) is 4.42 Å². The van der Waals surface area contributed by atoms with Crippen LogP contribution in [0, 0.1) is 6.26 Å². The molecule has 0 atom stereocenters. The van der Waals surface area contributed by atoms with E-state index in [0.29, 0.717) is 0 Å². The molecule has 0 unspecified atom stereocenters. The second kappa shape index (κ2) is 2.73. The lowest BCUT2D eigenvalue weighted by atomic mass is 10.1. The van der Waals surface area contributed by atoms with Crippen LogP contribution in [0.5, 0.6) is 0 Å². The molecule has 1 radical (unpaired) electrons. The van der Waals surface area contributed by atoms with E-state index in [0.717, 1.165) is 22.2 Å². The van der Waals surface area contributed by atoms with Crippen LogP contribution in [0.25, 0.3) is 22.2 Å². The minimum atomic E-state index is 0.838. The van der Waals surface area contributed by atoms with E-state index in [9.17, 15) is 0 Å². The third-order valence-electron chi connectivity index (χ3n) is 2.18. The van der Waals surface area contributed by atoms with Crippen molar-refractivity contribution in [1.29, 1.82) is 0 Å². The number of benzene rings is 1. The van der Waals surface area contributed by atoms with Crippen molar-refractivity contribution in [3.8, 4) is 11.3 Å². The Morgan fingerprint density at radius 1 is 1.21 bits per heavy atom. The predicted octanol–water partition coefficient (Wildman–Crippen LogP) is 2.62. The van der Waals surface area contributed by atoms with E-state index in [1.54, 1.807) is 6.20 Å². The first-order valence-electron chi connectivity index (χ1n) is 4.34. The number of furan rings is 1. The third kappa shape index (κ3) is 0.956. The van der Waals surface area contributed by atoms with Crippen molar-refractivity contribution in [3.63, 3.8) is 0 Å². The molecular weight excluding hydrogens is 176 g/mol. The van der Waals surface area contributed by atoms with Crippen molar-refractivity contribution in [1.82, 2.24) is 10.2 Å². The fourth-order valence-corrected chi connectivity index (χ4v) is 1.51. The molecule has 2 aromatic heterocycles. The molecule has 2 heterocycles. The summed E-state index contributed by atoms with van der Waals surface area (Å²) in [7, 11) is 0. The molecular formula is C11H7N2O. The highest BCUT2D eigenvalue weighted by molar-refractivity contribution is 5.92. The van der Waals surface area contributed by atoms with Gasteiger partial charge in [-0.1, -0.05) is 18.2 Å². The lowest BCUT2D eigenvalue weighted by molar-refractivity contribution is 0.607. The van der Waals surface area contributed by atoms with Crippen LogP contribution in [0.15, 0.2) is 40.9 Å².